The molecule has 3 aromatic rings. The molecule has 0 bridgehead atoms. The molecule has 3 N–H and O–H groups in total. The van der Waals surface area contributed by atoms with Crippen LogP contribution < -0.4 is 5.32 Å². The lowest BCUT2D eigenvalue weighted by molar-refractivity contribution is 0.0400. The molecular formula is C27H30N2O6. The van der Waals surface area contributed by atoms with Gasteiger partial charge in [0.15, 0.2) is 5.76 Å². The summed E-state index contributed by atoms with van der Waals surface area (Å²) in [6.45, 7) is 3.79. The molecule has 0 saturated heterocycles. The Bertz CT molecular complexity index is 1170. The van der Waals surface area contributed by atoms with Gasteiger partial charge in [0.2, 0.25) is 0 Å². The Kier molecular flexibility index (Phi) is 7.10. The summed E-state index contributed by atoms with van der Waals surface area (Å²) in [5.41, 5.74) is 5.46. The molecule has 2 aliphatic rings. The van der Waals surface area contributed by atoms with E-state index in [1.807, 2.05) is 19.1 Å². The lowest BCUT2D eigenvalue weighted by Crippen LogP contribution is -2.30. The zero-order chi connectivity index (χ0) is 25.0. The smallest absolute Gasteiger partial charge is 0.450 e. The minimum atomic E-state index is -1.83. The van der Waals surface area contributed by atoms with Crippen LogP contribution in [0.4, 0.5) is 15.3 Å². The van der Waals surface area contributed by atoms with E-state index in [2.05, 4.69) is 46.9 Å². The standard InChI is InChI=1S/C26H28N2O3.CH2O3/c1-17-23(27-25(29)30-26(2)15-3-4-16-26)24(28-31-17)22-13-11-21(12-14-22)20-9-7-19(8-10-20)18-5-6-18;2-1(3)4/h7-14,18H,3-6,15-16H2,1-2H3,(H,27,29);(H2,2,3,4). The highest BCUT2D eigenvalue weighted by molar-refractivity contribution is 5.91. The van der Waals surface area contributed by atoms with Crippen molar-refractivity contribution in [3.8, 4) is 22.4 Å². The fourth-order valence-corrected chi connectivity index (χ4v) is 4.48. The van der Waals surface area contributed by atoms with Crippen molar-refractivity contribution in [1.29, 1.82) is 0 Å². The largest absolute Gasteiger partial charge is 0.503 e. The Morgan fingerprint density at radius 2 is 1.49 bits per heavy atom. The number of amides is 1. The molecule has 2 fully saturated rings. The van der Waals surface area contributed by atoms with E-state index in [0.29, 0.717) is 17.1 Å². The molecule has 2 aliphatic carbocycles. The predicted octanol–water partition coefficient (Wildman–Crippen LogP) is 7.30. The number of hydrogen-bond donors (Lipinski definition) is 3. The van der Waals surface area contributed by atoms with Gasteiger partial charge in [0.05, 0.1) is 0 Å². The van der Waals surface area contributed by atoms with E-state index in [0.717, 1.165) is 42.7 Å². The van der Waals surface area contributed by atoms with E-state index in [1.54, 1.807) is 6.92 Å². The average Bonchev–Trinajstić information content (AvgIpc) is 3.50. The maximum atomic E-state index is 12.5. The van der Waals surface area contributed by atoms with Crippen LogP contribution in [0.15, 0.2) is 53.1 Å². The lowest BCUT2D eigenvalue weighted by Gasteiger charge is -2.24. The molecule has 0 aliphatic heterocycles. The average molecular weight is 479 g/mol. The van der Waals surface area contributed by atoms with E-state index >= 15 is 0 Å². The number of rotatable bonds is 5. The van der Waals surface area contributed by atoms with Gasteiger partial charge >= 0.3 is 12.2 Å². The van der Waals surface area contributed by atoms with Crippen molar-refractivity contribution in [3.05, 3.63) is 59.9 Å². The molecule has 2 aromatic carbocycles. The number of carbonyl (C=O) groups is 2. The number of carbonyl (C=O) groups excluding carboxylic acids is 1. The van der Waals surface area contributed by atoms with Crippen LogP contribution in [-0.4, -0.2) is 33.2 Å². The molecule has 1 amide bonds. The Labute approximate surface area is 203 Å². The molecule has 0 spiro atoms. The normalized spacial score (nSPS) is 16.2. The highest BCUT2D eigenvalue weighted by atomic mass is 16.6. The second-order valence-electron chi connectivity index (χ2n) is 9.39. The minimum absolute atomic E-state index is 0.383. The van der Waals surface area contributed by atoms with E-state index in [-0.39, 0.29) is 5.60 Å². The quantitative estimate of drug-likeness (QED) is 0.352. The van der Waals surface area contributed by atoms with Crippen molar-refractivity contribution in [3.63, 3.8) is 0 Å². The van der Waals surface area contributed by atoms with Crippen LogP contribution in [0, 0.1) is 6.92 Å². The Morgan fingerprint density at radius 3 is 2.03 bits per heavy atom. The third kappa shape index (κ3) is 6.20. The predicted molar refractivity (Wildman–Crippen MR) is 132 cm³/mol. The van der Waals surface area contributed by atoms with Crippen LogP contribution in [0.2, 0.25) is 0 Å². The Hall–Kier alpha value is -3.81. The van der Waals surface area contributed by atoms with Gasteiger partial charge in [-0.2, -0.15) is 0 Å². The van der Waals surface area contributed by atoms with Crippen molar-refractivity contribution in [2.24, 2.45) is 0 Å². The van der Waals surface area contributed by atoms with Crippen molar-refractivity contribution in [2.75, 3.05) is 5.32 Å². The first-order chi connectivity index (χ1) is 16.7. The fourth-order valence-electron chi connectivity index (χ4n) is 4.48. The van der Waals surface area contributed by atoms with Crippen LogP contribution in [0.25, 0.3) is 22.4 Å². The molecule has 1 aromatic heterocycles. The summed E-state index contributed by atoms with van der Waals surface area (Å²) in [6.07, 6.45) is 4.33. The van der Waals surface area contributed by atoms with Gasteiger partial charge in [-0.15, -0.1) is 0 Å². The van der Waals surface area contributed by atoms with Crippen molar-refractivity contribution < 1.29 is 29.1 Å². The summed E-state index contributed by atoms with van der Waals surface area (Å²) < 4.78 is 11.1. The Balaban J connectivity index is 0.000000672. The first-order valence-electron chi connectivity index (χ1n) is 11.8. The van der Waals surface area contributed by atoms with Gasteiger partial charge in [-0.25, -0.2) is 9.59 Å². The number of ether oxygens (including phenoxy) is 1. The van der Waals surface area contributed by atoms with Gasteiger partial charge in [0, 0.05) is 5.56 Å². The van der Waals surface area contributed by atoms with Gasteiger partial charge < -0.3 is 19.5 Å². The van der Waals surface area contributed by atoms with E-state index < -0.39 is 12.2 Å². The summed E-state index contributed by atoms with van der Waals surface area (Å²) >= 11 is 0. The molecule has 0 radical (unpaired) electrons. The first-order valence-corrected chi connectivity index (χ1v) is 11.8. The SMILES string of the molecule is Cc1onc(-c2ccc(-c3ccc(C4CC4)cc3)cc2)c1NC(=O)OC1(C)CCCC1.O=C(O)O. The molecule has 184 valence electrons. The third-order valence-electron chi connectivity index (χ3n) is 6.54. The number of nitrogens with zero attached hydrogens (tertiary/aromatic N) is 1. The molecular weight excluding hydrogens is 448 g/mol. The van der Waals surface area contributed by atoms with Gasteiger partial charge in [-0.1, -0.05) is 53.7 Å². The van der Waals surface area contributed by atoms with Crippen LogP contribution in [-0.2, 0) is 4.74 Å². The maximum Gasteiger partial charge on any atom is 0.503 e. The molecule has 1 heterocycles. The van der Waals surface area contributed by atoms with Gasteiger partial charge in [0.25, 0.3) is 0 Å². The first kappa shape index (κ1) is 24.3. The summed E-state index contributed by atoms with van der Waals surface area (Å²) in [5.74, 6) is 1.32. The van der Waals surface area contributed by atoms with Crippen LogP contribution in [0.5, 0.6) is 0 Å². The molecule has 8 nitrogen and oxygen atoms in total. The van der Waals surface area contributed by atoms with Crippen molar-refractivity contribution in [1.82, 2.24) is 5.16 Å². The van der Waals surface area contributed by atoms with E-state index in [1.165, 1.54) is 24.0 Å². The summed E-state index contributed by atoms with van der Waals surface area (Å²) in [7, 11) is 0. The highest BCUT2D eigenvalue weighted by Gasteiger charge is 2.33. The van der Waals surface area contributed by atoms with Gasteiger partial charge in [-0.05, 0) is 75.0 Å². The summed E-state index contributed by atoms with van der Waals surface area (Å²) in [5, 5.41) is 21.0. The summed E-state index contributed by atoms with van der Waals surface area (Å²) in [6, 6.07) is 17.0. The highest BCUT2D eigenvalue weighted by Crippen LogP contribution is 2.40. The van der Waals surface area contributed by atoms with Crippen molar-refractivity contribution in [2.45, 2.75) is 63.9 Å². The maximum absolute atomic E-state index is 12.5. The number of carboxylic acid groups (broad SMARTS) is 2. The number of benzene rings is 2. The van der Waals surface area contributed by atoms with Gasteiger partial charge in [-0.3, -0.25) is 5.32 Å². The van der Waals surface area contributed by atoms with Crippen LogP contribution >= 0.6 is 0 Å². The molecule has 8 heteroatoms. The minimum Gasteiger partial charge on any atom is -0.450 e. The fraction of sp³-hybridized carbons (Fsp3) is 0.370. The molecule has 0 unspecified atom stereocenters. The number of nitrogens with one attached hydrogen (secondary N) is 1. The monoisotopic (exact) mass is 478 g/mol. The topological polar surface area (TPSA) is 122 Å². The zero-order valence-electron chi connectivity index (χ0n) is 19.9. The molecule has 5 rings (SSSR count). The molecule has 0 atom stereocenters. The van der Waals surface area contributed by atoms with E-state index in [4.69, 9.17) is 24.3 Å². The number of aromatic nitrogens is 1. The van der Waals surface area contributed by atoms with Crippen LogP contribution in [0.3, 0.4) is 0 Å². The number of aryl methyl sites for hydroxylation is 1. The lowest BCUT2D eigenvalue weighted by atomic mass is 10.00. The van der Waals surface area contributed by atoms with Crippen molar-refractivity contribution >= 4 is 17.9 Å². The van der Waals surface area contributed by atoms with Gasteiger partial charge in [0.1, 0.15) is 17.0 Å². The molecule has 2 saturated carbocycles. The number of anilines is 1. The second kappa shape index (κ2) is 10.2. The van der Waals surface area contributed by atoms with Crippen LogP contribution in [0.1, 0.15) is 62.7 Å². The summed E-state index contributed by atoms with van der Waals surface area (Å²) in [4.78, 5) is 21.1. The number of hydrogen-bond acceptors (Lipinski definition) is 5. The molecule has 35 heavy (non-hydrogen) atoms. The zero-order valence-corrected chi connectivity index (χ0v) is 19.9. The van der Waals surface area contributed by atoms with E-state index in [9.17, 15) is 4.79 Å². The second-order valence-corrected chi connectivity index (χ2v) is 9.39. The third-order valence-corrected chi connectivity index (χ3v) is 6.54. The Morgan fingerprint density at radius 1 is 0.971 bits per heavy atom.